The molecule has 45 heavy (non-hydrogen) atoms. The molecule has 0 bridgehead atoms. The molecule has 0 radical (unpaired) electrons. The van der Waals surface area contributed by atoms with E-state index in [9.17, 15) is 19.2 Å². The van der Waals surface area contributed by atoms with Crippen LogP contribution in [0.25, 0.3) is 0 Å². The second kappa shape index (κ2) is 21.8. The topological polar surface area (TPSA) is 114 Å². The van der Waals surface area contributed by atoms with Gasteiger partial charge < -0.3 is 23.7 Å². The van der Waals surface area contributed by atoms with Crippen molar-refractivity contribution in [3.63, 3.8) is 0 Å². The van der Waals surface area contributed by atoms with Crippen LogP contribution in [0.1, 0.15) is 133 Å². The molecule has 248 valence electrons. The third kappa shape index (κ3) is 14.2. The average Bonchev–Trinajstić information content (AvgIpc) is 3.03. The Hall–Kier alpha value is -3.88. The highest BCUT2D eigenvalue weighted by Crippen LogP contribution is 2.40. The first-order valence-electron chi connectivity index (χ1n) is 16.4. The minimum Gasteiger partial charge on any atom is -0.496 e. The largest absolute Gasteiger partial charge is 0.496 e. The van der Waals surface area contributed by atoms with Gasteiger partial charge in [0.15, 0.2) is 11.5 Å². The van der Waals surface area contributed by atoms with Gasteiger partial charge in [-0.05, 0) is 37.5 Å². The Balaban J connectivity index is 2.42. The maximum Gasteiger partial charge on any atom is 0.338 e. The molecule has 0 aliphatic rings. The van der Waals surface area contributed by atoms with E-state index in [1.54, 1.807) is 24.3 Å². The van der Waals surface area contributed by atoms with Gasteiger partial charge in [0.05, 0.1) is 12.7 Å². The number of hydrogen-bond acceptors (Lipinski definition) is 9. The summed E-state index contributed by atoms with van der Waals surface area (Å²) in [7, 11) is 1.52. The second-order valence-corrected chi connectivity index (χ2v) is 11.0. The molecule has 0 unspecified atom stereocenters. The fourth-order valence-electron chi connectivity index (χ4n) is 4.60. The number of carbonyl (C=O) groups excluding carboxylic acids is 4. The summed E-state index contributed by atoms with van der Waals surface area (Å²) in [4.78, 5) is 51.8. The van der Waals surface area contributed by atoms with E-state index in [4.69, 9.17) is 23.7 Å². The number of hydrogen-bond donors (Lipinski definition) is 0. The van der Waals surface area contributed by atoms with Crippen molar-refractivity contribution in [3.8, 4) is 23.0 Å². The molecule has 0 fully saturated rings. The highest BCUT2D eigenvalue weighted by molar-refractivity contribution is 5.92. The fourth-order valence-corrected chi connectivity index (χ4v) is 4.60. The summed E-state index contributed by atoms with van der Waals surface area (Å²) < 4.78 is 27.9. The van der Waals surface area contributed by atoms with E-state index in [2.05, 4.69) is 20.8 Å². The Bertz CT molecular complexity index is 1170. The maximum atomic E-state index is 13.3. The highest BCUT2D eigenvalue weighted by Gasteiger charge is 2.25. The lowest BCUT2D eigenvalue weighted by Crippen LogP contribution is -2.16. The van der Waals surface area contributed by atoms with Crippen LogP contribution in [0.5, 0.6) is 23.0 Å². The third-order valence-electron chi connectivity index (χ3n) is 7.17. The molecule has 0 aliphatic heterocycles. The predicted molar refractivity (Wildman–Crippen MR) is 172 cm³/mol. The van der Waals surface area contributed by atoms with Crippen molar-refractivity contribution in [1.82, 2.24) is 0 Å². The van der Waals surface area contributed by atoms with Crippen molar-refractivity contribution in [1.29, 1.82) is 0 Å². The SMILES string of the molecule is CCCCCCC(=O)Oc1cc(C(=O)OCc2ccccc2OC)cc(OC(=O)CCCCCC)c1OC(=O)CCCCCC. The smallest absolute Gasteiger partial charge is 0.338 e. The van der Waals surface area contributed by atoms with Gasteiger partial charge in [-0.1, -0.05) is 96.8 Å². The van der Waals surface area contributed by atoms with E-state index < -0.39 is 23.9 Å². The lowest BCUT2D eigenvalue weighted by molar-refractivity contribution is -0.138. The first-order chi connectivity index (χ1) is 21.8. The van der Waals surface area contributed by atoms with Gasteiger partial charge in [0.25, 0.3) is 0 Å². The zero-order chi connectivity index (χ0) is 32.9. The zero-order valence-electron chi connectivity index (χ0n) is 27.5. The zero-order valence-corrected chi connectivity index (χ0v) is 27.5. The van der Waals surface area contributed by atoms with Crippen molar-refractivity contribution in [3.05, 3.63) is 47.5 Å². The monoisotopic (exact) mass is 626 g/mol. The molecular formula is C36H50O9. The Morgan fingerprint density at radius 2 is 1.04 bits per heavy atom. The Kier molecular flexibility index (Phi) is 18.0. The van der Waals surface area contributed by atoms with Crippen molar-refractivity contribution in [2.24, 2.45) is 0 Å². The Morgan fingerprint density at radius 1 is 0.578 bits per heavy atom. The summed E-state index contributed by atoms with van der Waals surface area (Å²) in [6, 6.07) is 9.70. The lowest BCUT2D eigenvalue weighted by Gasteiger charge is -2.17. The molecular weight excluding hydrogens is 576 g/mol. The summed E-state index contributed by atoms with van der Waals surface area (Å²) in [5.41, 5.74) is 0.620. The summed E-state index contributed by atoms with van der Waals surface area (Å²) in [5.74, 6) is -2.43. The van der Waals surface area contributed by atoms with E-state index >= 15 is 0 Å². The molecule has 0 heterocycles. The van der Waals surface area contributed by atoms with Gasteiger partial charge in [-0.25, -0.2) is 4.79 Å². The fraction of sp³-hybridized carbons (Fsp3) is 0.556. The molecule has 0 spiro atoms. The van der Waals surface area contributed by atoms with Crippen molar-refractivity contribution in [2.45, 2.75) is 124 Å². The van der Waals surface area contributed by atoms with Crippen LogP contribution < -0.4 is 18.9 Å². The molecule has 0 saturated carbocycles. The number of methoxy groups -OCH3 is 1. The van der Waals surface area contributed by atoms with Crippen LogP contribution in [0.4, 0.5) is 0 Å². The number of para-hydroxylation sites is 1. The van der Waals surface area contributed by atoms with Gasteiger partial charge in [-0.2, -0.15) is 0 Å². The number of ether oxygens (including phenoxy) is 5. The van der Waals surface area contributed by atoms with Crippen LogP contribution in [0.15, 0.2) is 36.4 Å². The highest BCUT2D eigenvalue weighted by atomic mass is 16.6. The predicted octanol–water partition coefficient (Wildman–Crippen LogP) is 8.68. The normalized spacial score (nSPS) is 10.7. The molecule has 0 atom stereocenters. The molecule has 0 saturated heterocycles. The number of rotatable bonds is 22. The molecule has 2 rings (SSSR count). The Morgan fingerprint density at radius 3 is 1.51 bits per heavy atom. The van der Waals surface area contributed by atoms with Crippen LogP contribution in [0, 0.1) is 0 Å². The van der Waals surface area contributed by atoms with Gasteiger partial charge in [-0.15, -0.1) is 0 Å². The van der Waals surface area contributed by atoms with E-state index in [1.807, 2.05) is 0 Å². The molecule has 0 aliphatic carbocycles. The average molecular weight is 627 g/mol. The standard InChI is InChI=1S/C36H50O9/c1-5-8-11-14-21-32(37)43-30-24-28(36(40)42-26-27-19-17-18-20-29(27)41-4)25-31(44-33(38)22-15-12-9-6-2)35(30)45-34(39)23-16-13-10-7-3/h17-20,24-25H,5-16,21-23,26H2,1-4H3. The van der Waals surface area contributed by atoms with Gasteiger partial charge in [0, 0.05) is 24.8 Å². The van der Waals surface area contributed by atoms with Crippen molar-refractivity contribution < 1.29 is 42.9 Å². The first-order valence-corrected chi connectivity index (χ1v) is 16.4. The van der Waals surface area contributed by atoms with Gasteiger partial charge in [0.1, 0.15) is 12.4 Å². The summed E-state index contributed by atoms with van der Waals surface area (Å²) in [6.45, 7) is 6.14. The van der Waals surface area contributed by atoms with E-state index in [-0.39, 0.29) is 48.7 Å². The first kappa shape index (κ1) is 37.3. The van der Waals surface area contributed by atoms with Crippen LogP contribution in [-0.4, -0.2) is 31.0 Å². The van der Waals surface area contributed by atoms with Gasteiger partial charge in [0.2, 0.25) is 5.75 Å². The van der Waals surface area contributed by atoms with E-state index in [1.165, 1.54) is 19.2 Å². The van der Waals surface area contributed by atoms with E-state index in [0.717, 1.165) is 57.8 Å². The number of carbonyl (C=O) groups is 4. The summed E-state index contributed by atoms with van der Waals surface area (Å²) >= 11 is 0. The van der Waals surface area contributed by atoms with Gasteiger partial charge in [-0.3, -0.25) is 14.4 Å². The number of unbranched alkanes of at least 4 members (excludes halogenated alkanes) is 9. The number of esters is 4. The lowest BCUT2D eigenvalue weighted by atomic mass is 10.1. The van der Waals surface area contributed by atoms with Gasteiger partial charge >= 0.3 is 23.9 Å². The molecule has 9 heteroatoms. The van der Waals surface area contributed by atoms with Crippen LogP contribution in [-0.2, 0) is 25.7 Å². The molecule has 0 N–H and O–H groups in total. The molecule has 0 amide bonds. The minimum atomic E-state index is -0.751. The summed E-state index contributed by atoms with van der Waals surface area (Å²) in [6.07, 6.45) is 10.9. The molecule has 9 nitrogen and oxygen atoms in total. The second-order valence-electron chi connectivity index (χ2n) is 11.0. The quantitative estimate of drug-likeness (QED) is 0.0719. The third-order valence-corrected chi connectivity index (χ3v) is 7.17. The van der Waals surface area contributed by atoms with Crippen molar-refractivity contribution >= 4 is 23.9 Å². The minimum absolute atomic E-state index is 0.0322. The van der Waals surface area contributed by atoms with Crippen LogP contribution in [0.3, 0.4) is 0 Å². The Labute approximate surface area is 267 Å². The molecule has 2 aromatic rings. The van der Waals surface area contributed by atoms with Crippen LogP contribution >= 0.6 is 0 Å². The summed E-state index contributed by atoms with van der Waals surface area (Å²) in [5, 5.41) is 0. The molecule has 0 aromatic heterocycles. The van der Waals surface area contributed by atoms with E-state index in [0.29, 0.717) is 30.6 Å². The van der Waals surface area contributed by atoms with Crippen LogP contribution in [0.2, 0.25) is 0 Å². The number of benzene rings is 2. The maximum absolute atomic E-state index is 13.3. The molecule has 2 aromatic carbocycles. The van der Waals surface area contributed by atoms with Crippen molar-refractivity contribution in [2.75, 3.05) is 7.11 Å².